The van der Waals surface area contributed by atoms with Crippen molar-refractivity contribution in [2.75, 3.05) is 39.8 Å². The molecular formula is C18H22BrN3OS. The van der Waals surface area contributed by atoms with Crippen LogP contribution >= 0.6 is 27.3 Å². The number of thiophene rings is 1. The van der Waals surface area contributed by atoms with Crippen LogP contribution in [0.15, 0.2) is 45.6 Å². The van der Waals surface area contributed by atoms with Crippen molar-refractivity contribution in [1.29, 1.82) is 0 Å². The predicted octanol–water partition coefficient (Wildman–Crippen LogP) is 3.23. The van der Waals surface area contributed by atoms with E-state index in [1.807, 2.05) is 24.3 Å². The number of rotatable bonds is 5. The molecule has 0 aliphatic carbocycles. The van der Waals surface area contributed by atoms with Gasteiger partial charge in [0.2, 0.25) is 0 Å². The summed E-state index contributed by atoms with van der Waals surface area (Å²) in [5, 5.41) is 7.41. The highest BCUT2D eigenvalue weighted by Crippen LogP contribution is 2.24. The van der Waals surface area contributed by atoms with Crippen LogP contribution < -0.4 is 5.32 Å². The lowest BCUT2D eigenvalue weighted by Gasteiger charge is -2.38. The van der Waals surface area contributed by atoms with E-state index in [1.54, 1.807) is 11.3 Å². The summed E-state index contributed by atoms with van der Waals surface area (Å²) in [5.41, 5.74) is 1.97. The fraction of sp³-hybridized carbons (Fsp3) is 0.389. The molecule has 0 saturated carbocycles. The third-order valence-electron chi connectivity index (χ3n) is 4.48. The summed E-state index contributed by atoms with van der Waals surface area (Å²) in [5.74, 6) is -0.0307. The van der Waals surface area contributed by atoms with Gasteiger partial charge in [0.1, 0.15) is 0 Å². The number of carbonyl (C=O) groups excluding carboxylic acids is 1. The minimum Gasteiger partial charge on any atom is -0.350 e. The van der Waals surface area contributed by atoms with Gasteiger partial charge in [-0.15, -0.1) is 0 Å². The molecule has 1 aliphatic heterocycles. The van der Waals surface area contributed by atoms with Crippen molar-refractivity contribution in [2.24, 2.45) is 0 Å². The first-order valence-corrected chi connectivity index (χ1v) is 9.86. The Labute approximate surface area is 155 Å². The lowest BCUT2D eigenvalue weighted by molar-refractivity contribution is 0.0886. The molecule has 1 unspecified atom stereocenters. The van der Waals surface area contributed by atoms with Gasteiger partial charge in [-0.2, -0.15) is 11.3 Å². The van der Waals surface area contributed by atoms with E-state index >= 15 is 0 Å². The summed E-state index contributed by atoms with van der Waals surface area (Å²) in [7, 11) is 2.16. The van der Waals surface area contributed by atoms with Gasteiger partial charge in [-0.3, -0.25) is 9.69 Å². The number of halogens is 1. The number of carbonyl (C=O) groups is 1. The topological polar surface area (TPSA) is 35.6 Å². The molecule has 1 N–H and O–H groups in total. The molecule has 1 saturated heterocycles. The van der Waals surface area contributed by atoms with E-state index in [4.69, 9.17) is 0 Å². The van der Waals surface area contributed by atoms with Crippen LogP contribution in [0.2, 0.25) is 0 Å². The highest BCUT2D eigenvalue weighted by Gasteiger charge is 2.25. The third kappa shape index (κ3) is 4.25. The Morgan fingerprint density at radius 3 is 2.67 bits per heavy atom. The maximum absolute atomic E-state index is 12.5. The molecule has 0 radical (unpaired) electrons. The molecule has 2 aromatic rings. The van der Waals surface area contributed by atoms with Gasteiger partial charge in [-0.25, -0.2) is 0 Å². The molecule has 1 aromatic heterocycles. The lowest BCUT2D eigenvalue weighted by atomic mass is 10.1. The molecule has 2 heterocycles. The van der Waals surface area contributed by atoms with E-state index in [-0.39, 0.29) is 11.9 Å². The van der Waals surface area contributed by atoms with E-state index in [0.717, 1.165) is 30.7 Å². The normalized spacial score (nSPS) is 17.6. The lowest BCUT2D eigenvalue weighted by Crippen LogP contribution is -2.48. The number of likely N-dealkylation sites (N-methyl/N-ethyl adjacent to an activating group) is 1. The molecule has 0 bridgehead atoms. The first kappa shape index (κ1) is 17.6. The second-order valence-corrected chi connectivity index (χ2v) is 7.74. The van der Waals surface area contributed by atoms with E-state index in [9.17, 15) is 4.79 Å². The van der Waals surface area contributed by atoms with Crippen LogP contribution in [0, 0.1) is 0 Å². The molecule has 0 spiro atoms. The van der Waals surface area contributed by atoms with E-state index in [0.29, 0.717) is 12.1 Å². The third-order valence-corrected chi connectivity index (χ3v) is 5.87. The van der Waals surface area contributed by atoms with Gasteiger partial charge >= 0.3 is 0 Å². The molecule has 1 aliphatic rings. The molecule has 24 heavy (non-hydrogen) atoms. The zero-order chi connectivity index (χ0) is 16.9. The molecule has 128 valence electrons. The number of hydrogen-bond acceptors (Lipinski definition) is 4. The molecular weight excluding hydrogens is 386 g/mol. The number of nitrogens with one attached hydrogen (secondary N) is 1. The number of hydrogen-bond donors (Lipinski definition) is 1. The highest BCUT2D eigenvalue weighted by molar-refractivity contribution is 9.10. The van der Waals surface area contributed by atoms with Gasteiger partial charge in [-0.1, -0.05) is 12.1 Å². The first-order valence-electron chi connectivity index (χ1n) is 8.12. The Morgan fingerprint density at radius 2 is 2.00 bits per heavy atom. The van der Waals surface area contributed by atoms with Gasteiger partial charge in [0.15, 0.2) is 0 Å². The van der Waals surface area contributed by atoms with Crippen molar-refractivity contribution >= 4 is 33.2 Å². The smallest absolute Gasteiger partial charge is 0.252 e. The minimum atomic E-state index is -0.0307. The Morgan fingerprint density at radius 1 is 1.25 bits per heavy atom. The molecule has 1 aromatic carbocycles. The zero-order valence-corrected chi connectivity index (χ0v) is 16.1. The minimum absolute atomic E-state index is 0.0307. The first-order chi connectivity index (χ1) is 11.6. The summed E-state index contributed by atoms with van der Waals surface area (Å²) in [6.45, 7) is 4.82. The largest absolute Gasteiger partial charge is 0.350 e. The van der Waals surface area contributed by atoms with Crippen molar-refractivity contribution in [3.63, 3.8) is 0 Å². The number of nitrogens with zero attached hydrogens (tertiary/aromatic N) is 2. The molecule has 3 rings (SSSR count). The second kappa shape index (κ2) is 8.25. The maximum Gasteiger partial charge on any atom is 0.252 e. The van der Waals surface area contributed by atoms with Gasteiger partial charge in [0.05, 0.1) is 11.6 Å². The monoisotopic (exact) mass is 407 g/mol. The average Bonchev–Trinajstić information content (AvgIpc) is 3.11. The van der Waals surface area contributed by atoms with Gasteiger partial charge < -0.3 is 10.2 Å². The Bertz CT molecular complexity index is 669. The van der Waals surface area contributed by atoms with Crippen molar-refractivity contribution in [2.45, 2.75) is 6.04 Å². The maximum atomic E-state index is 12.5. The SMILES string of the molecule is CN1CCN(C(CNC(=O)c2ccccc2Br)c2ccsc2)CC1. The summed E-state index contributed by atoms with van der Waals surface area (Å²) in [4.78, 5) is 17.3. The molecule has 1 atom stereocenters. The van der Waals surface area contributed by atoms with Crippen LogP contribution in [0.5, 0.6) is 0 Å². The molecule has 1 fully saturated rings. The Kier molecular flexibility index (Phi) is 6.05. The van der Waals surface area contributed by atoms with Crippen LogP contribution in [0.1, 0.15) is 22.0 Å². The van der Waals surface area contributed by atoms with Crippen LogP contribution in [0.25, 0.3) is 0 Å². The van der Waals surface area contributed by atoms with Crippen molar-refractivity contribution in [1.82, 2.24) is 15.1 Å². The van der Waals surface area contributed by atoms with E-state index < -0.39 is 0 Å². The quantitative estimate of drug-likeness (QED) is 0.825. The van der Waals surface area contributed by atoms with Crippen LogP contribution in [-0.2, 0) is 0 Å². The van der Waals surface area contributed by atoms with Gasteiger partial charge in [-0.05, 0) is 57.5 Å². The molecule has 1 amide bonds. The van der Waals surface area contributed by atoms with Crippen molar-refractivity contribution in [3.05, 3.63) is 56.7 Å². The summed E-state index contributed by atoms with van der Waals surface area (Å²) in [6, 6.07) is 9.94. The zero-order valence-electron chi connectivity index (χ0n) is 13.7. The number of benzene rings is 1. The fourth-order valence-corrected chi connectivity index (χ4v) is 4.16. The molecule has 6 heteroatoms. The van der Waals surface area contributed by atoms with E-state index in [1.165, 1.54) is 5.56 Å². The van der Waals surface area contributed by atoms with Crippen molar-refractivity contribution in [3.8, 4) is 0 Å². The summed E-state index contributed by atoms with van der Waals surface area (Å²) in [6.07, 6.45) is 0. The highest BCUT2D eigenvalue weighted by atomic mass is 79.9. The standard InChI is InChI=1S/C18H22BrN3OS/c1-21-7-9-22(10-8-21)17(14-6-11-24-13-14)12-20-18(23)15-4-2-3-5-16(15)19/h2-6,11,13,17H,7-10,12H2,1H3,(H,20,23). The number of amides is 1. The Hall–Kier alpha value is -1.21. The van der Waals surface area contributed by atoms with Crippen LogP contribution in [0.4, 0.5) is 0 Å². The average molecular weight is 408 g/mol. The van der Waals surface area contributed by atoms with Gasteiger partial charge in [0.25, 0.3) is 5.91 Å². The summed E-state index contributed by atoms with van der Waals surface area (Å²) >= 11 is 5.16. The number of piperazine rings is 1. The summed E-state index contributed by atoms with van der Waals surface area (Å²) < 4.78 is 0.828. The van der Waals surface area contributed by atoms with Gasteiger partial charge in [0, 0.05) is 37.2 Å². The molecule has 4 nitrogen and oxygen atoms in total. The van der Waals surface area contributed by atoms with Crippen molar-refractivity contribution < 1.29 is 4.79 Å². The van der Waals surface area contributed by atoms with Crippen LogP contribution in [-0.4, -0.2) is 55.5 Å². The van der Waals surface area contributed by atoms with Crippen LogP contribution in [0.3, 0.4) is 0 Å². The second-order valence-electron chi connectivity index (χ2n) is 6.10. The Balaban J connectivity index is 1.68. The fourth-order valence-electron chi connectivity index (χ4n) is 2.99. The van der Waals surface area contributed by atoms with E-state index in [2.05, 4.69) is 54.9 Å². The predicted molar refractivity (Wildman–Crippen MR) is 103 cm³/mol.